The van der Waals surface area contributed by atoms with Crippen molar-refractivity contribution in [2.24, 2.45) is 0 Å². The third kappa shape index (κ3) is 3.43. The highest BCUT2D eigenvalue weighted by Crippen LogP contribution is 2.32. The minimum Gasteiger partial charge on any atom is -0.479 e. The number of carboxylic acids is 1. The van der Waals surface area contributed by atoms with Gasteiger partial charge < -0.3 is 10.4 Å². The van der Waals surface area contributed by atoms with Crippen molar-refractivity contribution in [1.82, 2.24) is 0 Å². The molecule has 0 spiro atoms. The molecule has 0 aliphatic carbocycles. The maximum absolute atomic E-state index is 11.7. The van der Waals surface area contributed by atoms with Gasteiger partial charge in [-0.1, -0.05) is 46.9 Å². The molecule has 0 aliphatic rings. The topological polar surface area (TPSA) is 49.3 Å². The molecular formula is C15H12Cl3NO2. The second-order valence-corrected chi connectivity index (χ2v) is 5.95. The highest BCUT2D eigenvalue weighted by molar-refractivity contribution is 6.42. The van der Waals surface area contributed by atoms with Gasteiger partial charge in [0.2, 0.25) is 0 Å². The minimum absolute atomic E-state index is 0.300. The number of hydrogen-bond acceptors (Lipinski definition) is 2. The van der Waals surface area contributed by atoms with Crippen molar-refractivity contribution < 1.29 is 9.90 Å². The summed E-state index contributed by atoms with van der Waals surface area (Å²) in [7, 11) is 0. The molecule has 6 heteroatoms. The van der Waals surface area contributed by atoms with Gasteiger partial charge in [0, 0.05) is 10.7 Å². The first-order chi connectivity index (χ1) is 9.83. The SMILES string of the molecule is CC(Nc1cccc(Cl)c1)(C(=O)O)c1ccc(Cl)c(Cl)c1. The number of hydrogen-bond donors (Lipinski definition) is 2. The number of rotatable bonds is 4. The van der Waals surface area contributed by atoms with Crippen LogP contribution in [0.25, 0.3) is 0 Å². The largest absolute Gasteiger partial charge is 0.479 e. The highest BCUT2D eigenvalue weighted by atomic mass is 35.5. The smallest absolute Gasteiger partial charge is 0.333 e. The van der Waals surface area contributed by atoms with E-state index in [1.165, 1.54) is 6.07 Å². The summed E-state index contributed by atoms with van der Waals surface area (Å²) < 4.78 is 0. The molecule has 2 aromatic rings. The summed E-state index contributed by atoms with van der Waals surface area (Å²) in [6, 6.07) is 11.6. The zero-order valence-electron chi connectivity index (χ0n) is 11.0. The second-order valence-electron chi connectivity index (χ2n) is 4.69. The van der Waals surface area contributed by atoms with Crippen LogP contribution in [0.2, 0.25) is 15.1 Å². The third-order valence-corrected chi connectivity index (χ3v) is 4.12. The zero-order valence-corrected chi connectivity index (χ0v) is 13.3. The molecule has 0 radical (unpaired) electrons. The van der Waals surface area contributed by atoms with E-state index >= 15 is 0 Å². The number of carboxylic acid groups (broad SMARTS) is 1. The summed E-state index contributed by atoms with van der Waals surface area (Å²) in [5.41, 5.74) is -0.276. The van der Waals surface area contributed by atoms with Crippen molar-refractivity contribution in [3.63, 3.8) is 0 Å². The molecule has 0 bridgehead atoms. The predicted molar refractivity (Wildman–Crippen MR) is 86.5 cm³/mol. The zero-order chi connectivity index (χ0) is 15.6. The van der Waals surface area contributed by atoms with E-state index in [1.54, 1.807) is 43.3 Å². The van der Waals surface area contributed by atoms with E-state index in [0.29, 0.717) is 26.3 Å². The molecule has 2 aromatic carbocycles. The lowest BCUT2D eigenvalue weighted by molar-refractivity contribution is -0.142. The molecule has 21 heavy (non-hydrogen) atoms. The summed E-state index contributed by atoms with van der Waals surface area (Å²) in [5, 5.41) is 13.8. The Kier molecular flexibility index (Phi) is 4.67. The molecule has 0 saturated heterocycles. The van der Waals surface area contributed by atoms with E-state index < -0.39 is 11.5 Å². The standard InChI is InChI=1S/C15H12Cl3NO2/c1-15(14(20)21,9-5-6-12(17)13(18)7-9)19-11-4-2-3-10(16)8-11/h2-8,19H,1H3,(H,20,21). The summed E-state index contributed by atoms with van der Waals surface area (Å²) in [6.45, 7) is 1.55. The van der Waals surface area contributed by atoms with Gasteiger partial charge in [0.15, 0.2) is 5.54 Å². The molecule has 1 atom stereocenters. The first kappa shape index (κ1) is 16.0. The Morgan fingerprint density at radius 3 is 2.38 bits per heavy atom. The molecule has 0 aliphatic heterocycles. The molecular weight excluding hydrogens is 333 g/mol. The van der Waals surface area contributed by atoms with Crippen LogP contribution in [0.3, 0.4) is 0 Å². The molecule has 0 aromatic heterocycles. The Morgan fingerprint density at radius 1 is 1.10 bits per heavy atom. The summed E-state index contributed by atoms with van der Waals surface area (Å²) >= 11 is 17.8. The summed E-state index contributed by atoms with van der Waals surface area (Å²) in [6.07, 6.45) is 0. The van der Waals surface area contributed by atoms with Gasteiger partial charge in [-0.2, -0.15) is 0 Å². The molecule has 0 heterocycles. The Bertz CT molecular complexity index is 690. The van der Waals surface area contributed by atoms with E-state index in [2.05, 4.69) is 5.32 Å². The Balaban J connectivity index is 2.45. The predicted octanol–water partition coefficient (Wildman–Crippen LogP) is 5.06. The van der Waals surface area contributed by atoms with Crippen LogP contribution < -0.4 is 5.32 Å². The van der Waals surface area contributed by atoms with Gasteiger partial charge in [-0.25, -0.2) is 4.79 Å². The van der Waals surface area contributed by atoms with Gasteiger partial charge in [-0.3, -0.25) is 0 Å². The Morgan fingerprint density at radius 2 is 1.81 bits per heavy atom. The van der Waals surface area contributed by atoms with E-state index in [4.69, 9.17) is 34.8 Å². The lowest BCUT2D eigenvalue weighted by atomic mass is 9.91. The van der Waals surface area contributed by atoms with Crippen molar-refractivity contribution in [2.45, 2.75) is 12.5 Å². The van der Waals surface area contributed by atoms with Crippen LogP contribution in [0.1, 0.15) is 12.5 Å². The molecule has 110 valence electrons. The normalized spacial score (nSPS) is 13.5. The second kappa shape index (κ2) is 6.14. The van der Waals surface area contributed by atoms with Crippen molar-refractivity contribution in [3.05, 3.63) is 63.1 Å². The fourth-order valence-corrected chi connectivity index (χ4v) is 2.40. The average molecular weight is 345 g/mol. The lowest BCUT2D eigenvalue weighted by Crippen LogP contribution is -2.40. The number of halogens is 3. The van der Waals surface area contributed by atoms with Crippen molar-refractivity contribution in [3.8, 4) is 0 Å². The quantitative estimate of drug-likeness (QED) is 0.815. The first-order valence-electron chi connectivity index (χ1n) is 6.05. The number of benzene rings is 2. The summed E-state index contributed by atoms with van der Waals surface area (Å²) in [5.74, 6) is -1.04. The van der Waals surface area contributed by atoms with E-state index in [9.17, 15) is 9.90 Å². The van der Waals surface area contributed by atoms with Crippen LogP contribution >= 0.6 is 34.8 Å². The molecule has 0 saturated carbocycles. The number of anilines is 1. The molecule has 3 nitrogen and oxygen atoms in total. The maximum Gasteiger partial charge on any atom is 0.333 e. The van der Waals surface area contributed by atoms with Crippen molar-refractivity contribution in [1.29, 1.82) is 0 Å². The van der Waals surface area contributed by atoms with E-state index in [-0.39, 0.29) is 0 Å². The minimum atomic E-state index is -1.36. The Hall–Kier alpha value is -1.42. The van der Waals surface area contributed by atoms with E-state index in [0.717, 1.165) is 0 Å². The van der Waals surface area contributed by atoms with Gasteiger partial charge in [0.25, 0.3) is 0 Å². The van der Waals surface area contributed by atoms with Gasteiger partial charge in [0.05, 0.1) is 10.0 Å². The molecule has 2 rings (SSSR count). The average Bonchev–Trinajstić information content (AvgIpc) is 2.41. The van der Waals surface area contributed by atoms with Crippen molar-refractivity contribution >= 4 is 46.5 Å². The van der Waals surface area contributed by atoms with Gasteiger partial charge >= 0.3 is 5.97 Å². The van der Waals surface area contributed by atoms with Crippen LogP contribution in [0.4, 0.5) is 5.69 Å². The maximum atomic E-state index is 11.7. The van der Waals surface area contributed by atoms with Crippen LogP contribution in [0, 0.1) is 0 Å². The summed E-state index contributed by atoms with van der Waals surface area (Å²) in [4.78, 5) is 11.7. The van der Waals surface area contributed by atoms with Gasteiger partial charge in [-0.05, 0) is 42.8 Å². The third-order valence-electron chi connectivity index (χ3n) is 3.14. The fraction of sp³-hybridized carbons (Fsp3) is 0.133. The van der Waals surface area contributed by atoms with Gasteiger partial charge in [0.1, 0.15) is 0 Å². The highest BCUT2D eigenvalue weighted by Gasteiger charge is 2.35. The molecule has 2 N–H and O–H groups in total. The lowest BCUT2D eigenvalue weighted by Gasteiger charge is -2.28. The molecule has 0 amide bonds. The number of aliphatic carboxylic acids is 1. The van der Waals surface area contributed by atoms with Crippen LogP contribution in [0.5, 0.6) is 0 Å². The fourth-order valence-electron chi connectivity index (χ4n) is 1.91. The number of carbonyl (C=O) groups is 1. The van der Waals surface area contributed by atoms with E-state index in [1.807, 2.05) is 0 Å². The monoisotopic (exact) mass is 343 g/mol. The van der Waals surface area contributed by atoms with Gasteiger partial charge in [-0.15, -0.1) is 0 Å². The molecule has 0 fully saturated rings. The van der Waals surface area contributed by atoms with Crippen LogP contribution in [-0.2, 0) is 10.3 Å². The first-order valence-corrected chi connectivity index (χ1v) is 7.19. The molecule has 1 unspecified atom stereocenters. The van der Waals surface area contributed by atoms with Crippen LogP contribution in [0.15, 0.2) is 42.5 Å². The van der Waals surface area contributed by atoms with Crippen LogP contribution in [-0.4, -0.2) is 11.1 Å². The number of nitrogens with one attached hydrogen (secondary N) is 1. The Labute approximate surface area is 137 Å². The van der Waals surface area contributed by atoms with Crippen molar-refractivity contribution in [2.75, 3.05) is 5.32 Å².